The van der Waals surface area contributed by atoms with E-state index in [1.54, 1.807) is 0 Å². The van der Waals surface area contributed by atoms with Crippen LogP contribution in [0.1, 0.15) is 27.7 Å². The highest BCUT2D eigenvalue weighted by Gasteiger charge is 2.13. The van der Waals surface area contributed by atoms with Gasteiger partial charge in [0.25, 0.3) is 0 Å². The van der Waals surface area contributed by atoms with Crippen LogP contribution in [0.4, 0.5) is 0 Å². The molecule has 0 radical (unpaired) electrons. The van der Waals surface area contributed by atoms with Crippen LogP contribution in [0, 0.1) is 0 Å². The van der Waals surface area contributed by atoms with Crippen molar-refractivity contribution in [1.82, 2.24) is 19.6 Å². The molecule has 1 rings (SSSR count). The Morgan fingerprint density at radius 1 is 0.400 bits per heavy atom. The molecule has 0 amide bonds. The molecule has 0 aliphatic carbocycles. The maximum atomic E-state index is 2.60. The van der Waals surface area contributed by atoms with Crippen molar-refractivity contribution in [3.63, 3.8) is 0 Å². The summed E-state index contributed by atoms with van der Waals surface area (Å²) in [4.78, 5) is 10.4. The van der Waals surface area contributed by atoms with Crippen LogP contribution in [-0.2, 0) is 0 Å². The zero-order valence-electron chi connectivity index (χ0n) is 14.3. The molecular weight excluding hydrogens is 248 g/mol. The summed E-state index contributed by atoms with van der Waals surface area (Å²) < 4.78 is 0. The number of hydrogen-bond acceptors (Lipinski definition) is 4. The van der Waals surface area contributed by atoms with Crippen molar-refractivity contribution in [2.75, 3.05) is 78.5 Å². The zero-order chi connectivity index (χ0) is 14.8. The SMILES string of the molecule is CCN1CCN(CC)CCN(CC)CCN(CC)CC1. The van der Waals surface area contributed by atoms with E-state index in [0.29, 0.717) is 0 Å². The number of hydrogen-bond donors (Lipinski definition) is 0. The van der Waals surface area contributed by atoms with E-state index in [1.807, 2.05) is 0 Å². The summed E-state index contributed by atoms with van der Waals surface area (Å²) >= 11 is 0. The van der Waals surface area contributed by atoms with Gasteiger partial charge in [-0.3, -0.25) is 0 Å². The Balaban J connectivity index is 2.58. The minimum absolute atomic E-state index is 1.18. The Kier molecular flexibility index (Phi) is 9.44. The van der Waals surface area contributed by atoms with E-state index in [9.17, 15) is 0 Å². The average Bonchev–Trinajstić information content (AvgIpc) is 2.48. The minimum Gasteiger partial charge on any atom is -0.301 e. The Morgan fingerprint density at radius 2 is 0.550 bits per heavy atom. The number of rotatable bonds is 4. The third-order valence-electron chi connectivity index (χ3n) is 4.72. The van der Waals surface area contributed by atoms with Crippen molar-refractivity contribution in [2.45, 2.75) is 27.7 Å². The molecule has 20 heavy (non-hydrogen) atoms. The van der Waals surface area contributed by atoms with Crippen LogP contribution in [0.15, 0.2) is 0 Å². The van der Waals surface area contributed by atoms with Crippen molar-refractivity contribution in [1.29, 1.82) is 0 Å². The first-order chi connectivity index (χ1) is 9.73. The molecule has 1 saturated heterocycles. The fourth-order valence-corrected chi connectivity index (χ4v) is 2.84. The van der Waals surface area contributed by atoms with Gasteiger partial charge < -0.3 is 19.6 Å². The van der Waals surface area contributed by atoms with E-state index in [2.05, 4.69) is 47.3 Å². The van der Waals surface area contributed by atoms with Gasteiger partial charge in [-0.2, -0.15) is 0 Å². The molecule has 0 aromatic rings. The van der Waals surface area contributed by atoms with Crippen LogP contribution >= 0.6 is 0 Å². The predicted octanol–water partition coefficient (Wildman–Crippen LogP) is 1.29. The first kappa shape index (κ1) is 17.9. The molecule has 0 bridgehead atoms. The summed E-state index contributed by atoms with van der Waals surface area (Å²) in [5.41, 5.74) is 0. The normalized spacial score (nSPS) is 23.4. The van der Waals surface area contributed by atoms with Crippen LogP contribution in [0.3, 0.4) is 0 Å². The zero-order valence-corrected chi connectivity index (χ0v) is 14.3. The van der Waals surface area contributed by atoms with Crippen LogP contribution in [0.25, 0.3) is 0 Å². The third-order valence-corrected chi connectivity index (χ3v) is 4.72. The Bertz CT molecular complexity index is 171. The molecule has 0 aromatic heterocycles. The standard InChI is InChI=1S/C16H36N4/c1-5-17-9-11-18(6-2)13-15-20(8-4)16-14-19(7-3)12-10-17/h5-16H2,1-4H3. The van der Waals surface area contributed by atoms with Crippen LogP contribution < -0.4 is 0 Å². The lowest BCUT2D eigenvalue weighted by Gasteiger charge is -2.33. The quantitative estimate of drug-likeness (QED) is 0.771. The molecule has 0 spiro atoms. The van der Waals surface area contributed by atoms with Gasteiger partial charge in [0, 0.05) is 52.4 Å². The summed E-state index contributed by atoms with van der Waals surface area (Å²) in [7, 11) is 0. The summed E-state index contributed by atoms with van der Waals surface area (Å²) in [5.74, 6) is 0. The average molecular weight is 284 g/mol. The van der Waals surface area contributed by atoms with E-state index >= 15 is 0 Å². The largest absolute Gasteiger partial charge is 0.301 e. The highest BCUT2D eigenvalue weighted by Crippen LogP contribution is 2.00. The maximum Gasteiger partial charge on any atom is 0.0110 e. The van der Waals surface area contributed by atoms with E-state index in [4.69, 9.17) is 0 Å². The lowest BCUT2D eigenvalue weighted by atomic mass is 10.3. The van der Waals surface area contributed by atoms with Gasteiger partial charge in [-0.25, -0.2) is 0 Å². The van der Waals surface area contributed by atoms with Gasteiger partial charge in [0.15, 0.2) is 0 Å². The fraction of sp³-hybridized carbons (Fsp3) is 1.00. The Labute approximate surface area is 126 Å². The second-order valence-electron chi connectivity index (χ2n) is 5.74. The smallest absolute Gasteiger partial charge is 0.0110 e. The molecule has 1 aliphatic heterocycles. The van der Waals surface area contributed by atoms with E-state index < -0.39 is 0 Å². The van der Waals surface area contributed by atoms with Crippen molar-refractivity contribution >= 4 is 0 Å². The molecule has 0 atom stereocenters. The molecule has 1 aliphatic rings. The Morgan fingerprint density at radius 3 is 0.650 bits per heavy atom. The second kappa shape index (κ2) is 10.6. The van der Waals surface area contributed by atoms with Crippen LogP contribution in [-0.4, -0.2) is 98.1 Å². The molecule has 4 heteroatoms. The molecule has 120 valence electrons. The first-order valence-electron chi connectivity index (χ1n) is 8.62. The highest BCUT2D eigenvalue weighted by atomic mass is 15.3. The second-order valence-corrected chi connectivity index (χ2v) is 5.74. The summed E-state index contributed by atoms with van der Waals surface area (Å²) in [5, 5.41) is 0. The van der Waals surface area contributed by atoms with Gasteiger partial charge in [-0.05, 0) is 26.2 Å². The molecule has 0 saturated carbocycles. The third kappa shape index (κ3) is 6.53. The van der Waals surface area contributed by atoms with E-state index in [1.165, 1.54) is 78.5 Å². The monoisotopic (exact) mass is 284 g/mol. The maximum absolute atomic E-state index is 2.60. The highest BCUT2D eigenvalue weighted by molar-refractivity contribution is 4.69. The lowest BCUT2D eigenvalue weighted by molar-refractivity contribution is 0.142. The molecule has 0 unspecified atom stereocenters. The number of likely N-dealkylation sites (N-methyl/N-ethyl adjacent to an activating group) is 4. The van der Waals surface area contributed by atoms with Crippen molar-refractivity contribution in [3.8, 4) is 0 Å². The Hall–Kier alpha value is -0.160. The summed E-state index contributed by atoms with van der Waals surface area (Å²) in [6.07, 6.45) is 0. The molecule has 1 fully saturated rings. The van der Waals surface area contributed by atoms with Crippen LogP contribution in [0.5, 0.6) is 0 Å². The molecular formula is C16H36N4. The molecule has 4 nitrogen and oxygen atoms in total. The van der Waals surface area contributed by atoms with Gasteiger partial charge in [-0.15, -0.1) is 0 Å². The predicted molar refractivity (Wildman–Crippen MR) is 88.5 cm³/mol. The van der Waals surface area contributed by atoms with Crippen molar-refractivity contribution in [3.05, 3.63) is 0 Å². The minimum atomic E-state index is 1.18. The first-order valence-corrected chi connectivity index (χ1v) is 8.62. The fourth-order valence-electron chi connectivity index (χ4n) is 2.84. The molecule has 1 heterocycles. The lowest BCUT2D eigenvalue weighted by Crippen LogP contribution is -2.45. The van der Waals surface area contributed by atoms with Crippen molar-refractivity contribution < 1.29 is 0 Å². The number of nitrogens with zero attached hydrogens (tertiary/aromatic N) is 4. The van der Waals surface area contributed by atoms with Gasteiger partial charge in [-0.1, -0.05) is 27.7 Å². The molecule has 0 aromatic carbocycles. The summed E-state index contributed by atoms with van der Waals surface area (Å²) in [6.45, 7) is 23.6. The van der Waals surface area contributed by atoms with E-state index in [-0.39, 0.29) is 0 Å². The van der Waals surface area contributed by atoms with Crippen molar-refractivity contribution in [2.24, 2.45) is 0 Å². The summed E-state index contributed by atoms with van der Waals surface area (Å²) in [6, 6.07) is 0. The van der Waals surface area contributed by atoms with Gasteiger partial charge in [0.05, 0.1) is 0 Å². The topological polar surface area (TPSA) is 13.0 Å². The van der Waals surface area contributed by atoms with Crippen LogP contribution in [0.2, 0.25) is 0 Å². The van der Waals surface area contributed by atoms with Gasteiger partial charge >= 0.3 is 0 Å². The van der Waals surface area contributed by atoms with Gasteiger partial charge in [0.2, 0.25) is 0 Å². The van der Waals surface area contributed by atoms with Gasteiger partial charge in [0.1, 0.15) is 0 Å². The van der Waals surface area contributed by atoms with E-state index in [0.717, 1.165) is 0 Å². The molecule has 0 N–H and O–H groups in total.